The maximum atomic E-state index is 14.3. The molecule has 0 unspecified atom stereocenters. The van der Waals surface area contributed by atoms with Crippen LogP contribution in [0.4, 0.5) is 11.4 Å². The molecule has 0 fully saturated rings. The number of anilines is 2. The van der Waals surface area contributed by atoms with Gasteiger partial charge in [0, 0.05) is 52.5 Å². The SMILES string of the molecule is COc1cccc([C@@H]2O[C@H](CC(=O)Nc3cc(CCC(=O)O)ccc3C)C(=O)N(CC(C)(C)CO)c3ccc(Cl)cc32)c1OC. The Labute approximate surface area is 267 Å². The Balaban J connectivity index is 1.77. The van der Waals surface area contributed by atoms with Crippen molar-refractivity contribution >= 4 is 40.8 Å². The third-order valence-corrected chi connectivity index (χ3v) is 7.94. The van der Waals surface area contributed by atoms with Crippen LogP contribution in [0.25, 0.3) is 0 Å². The Morgan fingerprint density at radius 1 is 1.07 bits per heavy atom. The smallest absolute Gasteiger partial charge is 0.303 e. The number of aliphatic hydroxyl groups is 1. The second kappa shape index (κ2) is 14.3. The number of carboxylic acid groups (broad SMARTS) is 1. The van der Waals surface area contributed by atoms with Crippen molar-refractivity contribution in [2.75, 3.05) is 37.6 Å². The maximum absolute atomic E-state index is 14.3. The van der Waals surface area contributed by atoms with Crippen LogP contribution >= 0.6 is 11.6 Å². The van der Waals surface area contributed by atoms with Gasteiger partial charge in [0.25, 0.3) is 5.91 Å². The Morgan fingerprint density at radius 2 is 1.82 bits per heavy atom. The molecule has 0 radical (unpaired) electrons. The number of aliphatic hydroxyl groups excluding tert-OH is 1. The van der Waals surface area contributed by atoms with Gasteiger partial charge in [0.05, 0.1) is 20.6 Å². The van der Waals surface area contributed by atoms with Crippen molar-refractivity contribution in [3.05, 3.63) is 81.9 Å². The number of aliphatic carboxylic acids is 1. The van der Waals surface area contributed by atoms with Crippen LogP contribution in [0.2, 0.25) is 5.02 Å². The topological polar surface area (TPSA) is 135 Å². The lowest BCUT2D eigenvalue weighted by molar-refractivity contribution is -0.137. The molecule has 3 aromatic rings. The second-order valence-corrected chi connectivity index (χ2v) is 12.3. The zero-order valence-electron chi connectivity index (χ0n) is 26.1. The Bertz CT molecular complexity index is 1570. The fourth-order valence-corrected chi connectivity index (χ4v) is 5.47. The van der Waals surface area contributed by atoms with Crippen molar-refractivity contribution in [1.82, 2.24) is 0 Å². The molecule has 45 heavy (non-hydrogen) atoms. The fourth-order valence-electron chi connectivity index (χ4n) is 5.29. The van der Waals surface area contributed by atoms with Crippen molar-refractivity contribution in [1.29, 1.82) is 0 Å². The predicted molar refractivity (Wildman–Crippen MR) is 171 cm³/mol. The summed E-state index contributed by atoms with van der Waals surface area (Å²) in [5.74, 6) is -0.961. The number of rotatable bonds is 12. The first-order valence-corrected chi connectivity index (χ1v) is 14.9. The van der Waals surface area contributed by atoms with Gasteiger partial charge in [-0.15, -0.1) is 0 Å². The number of methoxy groups -OCH3 is 2. The molecule has 2 atom stereocenters. The molecule has 0 aromatic heterocycles. The number of nitrogens with one attached hydrogen (secondary N) is 1. The number of para-hydroxylation sites is 1. The predicted octanol–water partition coefficient (Wildman–Crippen LogP) is 5.55. The van der Waals surface area contributed by atoms with Crippen molar-refractivity contribution in [2.45, 2.75) is 52.2 Å². The van der Waals surface area contributed by atoms with E-state index in [4.69, 9.17) is 30.9 Å². The summed E-state index contributed by atoms with van der Waals surface area (Å²) in [6.07, 6.45) is -2.17. The van der Waals surface area contributed by atoms with Crippen LogP contribution in [0.1, 0.15) is 55.0 Å². The number of amides is 2. The number of halogens is 1. The van der Waals surface area contributed by atoms with Crippen LogP contribution in [0.5, 0.6) is 11.5 Å². The van der Waals surface area contributed by atoms with Crippen molar-refractivity contribution < 1.29 is 38.8 Å². The molecule has 4 rings (SSSR count). The summed E-state index contributed by atoms with van der Waals surface area (Å²) in [6.45, 7) is 5.47. The minimum atomic E-state index is -1.23. The van der Waals surface area contributed by atoms with Crippen LogP contribution in [-0.2, 0) is 25.5 Å². The lowest BCUT2D eigenvalue weighted by Gasteiger charge is -2.32. The van der Waals surface area contributed by atoms with E-state index in [2.05, 4.69) is 5.32 Å². The van der Waals surface area contributed by atoms with Crippen molar-refractivity contribution in [2.24, 2.45) is 5.41 Å². The van der Waals surface area contributed by atoms with Crippen molar-refractivity contribution in [3.63, 3.8) is 0 Å². The number of fused-ring (bicyclic) bond motifs is 1. The highest BCUT2D eigenvalue weighted by Gasteiger charge is 2.40. The molecule has 0 spiro atoms. The molecule has 11 heteroatoms. The molecule has 3 N–H and O–H groups in total. The highest BCUT2D eigenvalue weighted by atomic mass is 35.5. The monoisotopic (exact) mass is 638 g/mol. The quantitative estimate of drug-likeness (QED) is 0.235. The highest BCUT2D eigenvalue weighted by molar-refractivity contribution is 6.30. The first-order chi connectivity index (χ1) is 21.4. The normalized spacial score (nSPS) is 16.5. The number of carbonyl (C=O) groups excluding carboxylic acids is 2. The molecule has 3 aromatic carbocycles. The van der Waals surface area contributed by atoms with Crippen LogP contribution in [0.3, 0.4) is 0 Å². The summed E-state index contributed by atoms with van der Waals surface area (Å²) >= 11 is 6.49. The van der Waals surface area contributed by atoms with Gasteiger partial charge in [-0.05, 0) is 54.8 Å². The molecule has 10 nitrogen and oxygen atoms in total. The fraction of sp³-hybridized carbons (Fsp3) is 0.382. The average Bonchev–Trinajstić information content (AvgIpc) is 3.11. The van der Waals surface area contributed by atoms with E-state index in [9.17, 15) is 19.5 Å². The lowest BCUT2D eigenvalue weighted by atomic mass is 9.92. The van der Waals surface area contributed by atoms with Gasteiger partial charge < -0.3 is 34.6 Å². The number of ether oxygens (including phenoxy) is 3. The van der Waals surface area contributed by atoms with E-state index in [0.717, 1.165) is 11.1 Å². The van der Waals surface area contributed by atoms with Gasteiger partial charge >= 0.3 is 5.97 Å². The Morgan fingerprint density at radius 3 is 2.49 bits per heavy atom. The largest absolute Gasteiger partial charge is 0.493 e. The number of carbonyl (C=O) groups is 3. The number of carboxylic acids is 1. The molecule has 2 amide bonds. The molecular weight excluding hydrogens is 600 g/mol. The Kier molecular flexibility index (Phi) is 10.7. The maximum Gasteiger partial charge on any atom is 0.303 e. The van der Waals surface area contributed by atoms with Crippen LogP contribution in [-0.4, -0.2) is 61.5 Å². The summed E-state index contributed by atoms with van der Waals surface area (Å²) in [5.41, 5.74) is 3.07. The summed E-state index contributed by atoms with van der Waals surface area (Å²) in [7, 11) is 3.03. The average molecular weight is 639 g/mol. The number of hydrogen-bond donors (Lipinski definition) is 3. The first kappa shape index (κ1) is 33.8. The van der Waals surface area contributed by atoms with Gasteiger partial charge in [0.15, 0.2) is 11.5 Å². The summed E-state index contributed by atoms with van der Waals surface area (Å²) < 4.78 is 17.8. The molecule has 0 saturated carbocycles. The zero-order valence-corrected chi connectivity index (χ0v) is 26.8. The van der Waals surface area contributed by atoms with Gasteiger partial charge in [-0.3, -0.25) is 14.4 Å². The standard InChI is InChI=1S/C34H39ClN2O8/c1-20-9-10-21(11-14-30(40)41)15-25(20)36-29(39)17-28-33(42)37(18-34(2,3)19-38)26-13-12-22(35)16-24(26)31(45-28)23-7-6-8-27(43-4)32(23)44-5/h6-10,12-13,15-16,28,31,38H,11,14,17-19H2,1-5H3,(H,36,39)(H,40,41)/t28-,31+/m1/s1. The van der Waals surface area contributed by atoms with Crippen LogP contribution in [0.15, 0.2) is 54.6 Å². The minimum absolute atomic E-state index is 0.0411. The van der Waals surface area contributed by atoms with E-state index in [1.165, 1.54) is 14.2 Å². The highest BCUT2D eigenvalue weighted by Crippen LogP contribution is 2.45. The van der Waals surface area contributed by atoms with Gasteiger partial charge in [-0.25, -0.2) is 0 Å². The van der Waals surface area contributed by atoms with E-state index in [-0.39, 0.29) is 26.0 Å². The van der Waals surface area contributed by atoms with Crippen molar-refractivity contribution in [3.8, 4) is 11.5 Å². The van der Waals surface area contributed by atoms with E-state index in [0.29, 0.717) is 45.4 Å². The first-order valence-electron chi connectivity index (χ1n) is 14.6. The number of aryl methyl sites for hydroxylation is 2. The zero-order chi connectivity index (χ0) is 32.9. The van der Waals surface area contributed by atoms with Gasteiger partial charge in [0.1, 0.15) is 12.2 Å². The number of hydrogen-bond acceptors (Lipinski definition) is 7. The molecule has 0 bridgehead atoms. The van der Waals surface area contributed by atoms with Crippen LogP contribution < -0.4 is 19.7 Å². The van der Waals surface area contributed by atoms with E-state index < -0.39 is 35.4 Å². The van der Waals surface area contributed by atoms with Gasteiger partial charge in [-0.2, -0.15) is 0 Å². The number of benzene rings is 3. The molecule has 0 saturated heterocycles. The molecule has 1 heterocycles. The molecule has 0 aliphatic carbocycles. The third-order valence-electron chi connectivity index (χ3n) is 7.71. The molecule has 1 aliphatic heterocycles. The summed E-state index contributed by atoms with van der Waals surface area (Å²) in [5, 5.41) is 22.5. The van der Waals surface area contributed by atoms with E-state index >= 15 is 0 Å². The Hall–Kier alpha value is -4.12. The van der Waals surface area contributed by atoms with Crippen LogP contribution in [0, 0.1) is 12.3 Å². The molecule has 1 aliphatic rings. The lowest BCUT2D eigenvalue weighted by Crippen LogP contribution is -2.46. The minimum Gasteiger partial charge on any atom is -0.493 e. The number of nitrogens with zero attached hydrogens (tertiary/aromatic N) is 1. The summed E-state index contributed by atoms with van der Waals surface area (Å²) in [6, 6.07) is 15.8. The van der Waals surface area contributed by atoms with Gasteiger partial charge in [0.2, 0.25) is 5.91 Å². The molecule has 240 valence electrons. The molecular formula is C34H39ClN2O8. The van der Waals surface area contributed by atoms with E-state index in [1.54, 1.807) is 47.4 Å². The summed E-state index contributed by atoms with van der Waals surface area (Å²) in [4.78, 5) is 40.5. The van der Waals surface area contributed by atoms with Gasteiger partial charge in [-0.1, -0.05) is 49.7 Å². The third kappa shape index (κ3) is 7.94. The second-order valence-electron chi connectivity index (χ2n) is 11.8. The van der Waals surface area contributed by atoms with E-state index in [1.807, 2.05) is 32.9 Å².